The second-order valence-corrected chi connectivity index (χ2v) is 7.38. The molecule has 0 spiro atoms. The number of likely N-dealkylation sites (tertiary alicyclic amines) is 1. The molecule has 1 aromatic rings. The average molecular weight is 402 g/mol. The van der Waals surface area contributed by atoms with Crippen molar-refractivity contribution < 1.29 is 14.3 Å². The van der Waals surface area contributed by atoms with E-state index in [0.29, 0.717) is 31.4 Å². The predicted octanol–water partition coefficient (Wildman–Crippen LogP) is 0.941. The number of fused-ring (bicyclic) bond motifs is 1. The van der Waals surface area contributed by atoms with Crippen molar-refractivity contribution >= 4 is 23.5 Å². The van der Waals surface area contributed by atoms with E-state index in [4.69, 9.17) is 4.74 Å². The third kappa shape index (κ3) is 5.26. The van der Waals surface area contributed by atoms with Crippen LogP contribution in [-0.2, 0) is 14.3 Å². The Morgan fingerprint density at radius 1 is 1.31 bits per heavy atom. The van der Waals surface area contributed by atoms with Gasteiger partial charge in [-0.3, -0.25) is 14.6 Å². The number of aliphatic imine (C=N–C) groups is 1. The van der Waals surface area contributed by atoms with Crippen LogP contribution < -0.4 is 15.5 Å². The fourth-order valence-electron chi connectivity index (χ4n) is 4.00. The molecule has 2 aliphatic rings. The smallest absolute Gasteiger partial charge is 0.239 e. The number of hydrogen-bond acceptors (Lipinski definition) is 4. The second-order valence-electron chi connectivity index (χ2n) is 7.38. The quantitative estimate of drug-likeness (QED) is 0.385. The maximum absolute atomic E-state index is 12.0. The third-order valence-electron chi connectivity index (χ3n) is 5.49. The number of rotatable bonds is 8. The van der Waals surface area contributed by atoms with E-state index in [1.54, 1.807) is 14.2 Å². The minimum Gasteiger partial charge on any atom is -0.383 e. The summed E-state index contributed by atoms with van der Waals surface area (Å²) < 4.78 is 4.95. The molecule has 3 rings (SSSR count). The molecule has 8 heteroatoms. The molecule has 0 saturated carbocycles. The molecule has 0 aliphatic carbocycles. The van der Waals surface area contributed by atoms with E-state index in [1.807, 2.05) is 11.0 Å². The van der Waals surface area contributed by atoms with E-state index in [2.05, 4.69) is 38.7 Å². The Morgan fingerprint density at radius 3 is 2.86 bits per heavy atom. The predicted molar refractivity (Wildman–Crippen MR) is 113 cm³/mol. The van der Waals surface area contributed by atoms with Gasteiger partial charge in [-0.05, 0) is 24.5 Å². The molecule has 29 heavy (non-hydrogen) atoms. The van der Waals surface area contributed by atoms with E-state index < -0.39 is 0 Å². The highest BCUT2D eigenvalue weighted by atomic mass is 16.5. The molecule has 2 aliphatic heterocycles. The minimum absolute atomic E-state index is 0.0974. The van der Waals surface area contributed by atoms with E-state index in [9.17, 15) is 9.59 Å². The zero-order chi connectivity index (χ0) is 20.6. The summed E-state index contributed by atoms with van der Waals surface area (Å²) in [6.45, 7) is 3.58. The monoisotopic (exact) mass is 401 g/mol. The maximum atomic E-state index is 12.0. The molecule has 0 bridgehead atoms. The van der Waals surface area contributed by atoms with Crippen molar-refractivity contribution in [1.82, 2.24) is 15.5 Å². The average Bonchev–Trinajstić information content (AvgIpc) is 3.31. The summed E-state index contributed by atoms with van der Waals surface area (Å²) in [7, 11) is 3.33. The molecule has 1 aromatic carbocycles. The highest BCUT2D eigenvalue weighted by Gasteiger charge is 2.32. The Bertz CT molecular complexity index is 752. The molecule has 0 radical (unpaired) electrons. The van der Waals surface area contributed by atoms with Crippen molar-refractivity contribution in [2.75, 3.05) is 58.4 Å². The summed E-state index contributed by atoms with van der Waals surface area (Å²) in [5, 5.41) is 5.96. The van der Waals surface area contributed by atoms with Crippen LogP contribution in [0.2, 0.25) is 0 Å². The Hall–Kier alpha value is -2.61. The number of methoxy groups -OCH3 is 1. The largest absolute Gasteiger partial charge is 0.383 e. The van der Waals surface area contributed by atoms with Gasteiger partial charge in [0.1, 0.15) is 0 Å². The number of ether oxygens (including phenoxy) is 1. The Morgan fingerprint density at radius 2 is 2.14 bits per heavy atom. The highest BCUT2D eigenvalue weighted by Crippen LogP contribution is 2.38. The molecule has 0 aromatic heterocycles. The van der Waals surface area contributed by atoms with Gasteiger partial charge in [0.25, 0.3) is 0 Å². The van der Waals surface area contributed by atoms with Gasteiger partial charge in [0.15, 0.2) is 5.96 Å². The first kappa shape index (κ1) is 21.1. The zero-order valence-corrected chi connectivity index (χ0v) is 17.3. The molecule has 2 amide bonds. The Kier molecular flexibility index (Phi) is 7.46. The summed E-state index contributed by atoms with van der Waals surface area (Å²) in [5.74, 6) is 1.18. The van der Waals surface area contributed by atoms with Crippen molar-refractivity contribution in [3.8, 4) is 0 Å². The SMILES string of the molecule is CN=C(NCC(=O)NCCOC)N1CC(CCN2CCCC2=O)c2ccccc21. The Labute approximate surface area is 172 Å². The molecule has 1 atom stereocenters. The van der Waals surface area contributed by atoms with Crippen molar-refractivity contribution in [3.05, 3.63) is 29.8 Å². The van der Waals surface area contributed by atoms with E-state index >= 15 is 0 Å². The van der Waals surface area contributed by atoms with Crippen LogP contribution in [0, 0.1) is 0 Å². The molecule has 1 fully saturated rings. The molecular formula is C21H31N5O3. The summed E-state index contributed by atoms with van der Waals surface area (Å²) in [6.07, 6.45) is 2.57. The minimum atomic E-state index is -0.0974. The summed E-state index contributed by atoms with van der Waals surface area (Å²) in [4.78, 5) is 32.4. The lowest BCUT2D eigenvalue weighted by atomic mass is 9.98. The molecule has 158 valence electrons. The van der Waals surface area contributed by atoms with Gasteiger partial charge in [0, 0.05) is 58.4 Å². The van der Waals surface area contributed by atoms with Crippen molar-refractivity contribution in [2.24, 2.45) is 4.99 Å². The number of carbonyl (C=O) groups excluding carboxylic acids is 2. The number of nitrogens with zero attached hydrogens (tertiary/aromatic N) is 3. The number of benzene rings is 1. The number of carbonyl (C=O) groups is 2. The van der Waals surface area contributed by atoms with Crippen LogP contribution in [0.25, 0.3) is 0 Å². The first-order chi connectivity index (χ1) is 14.1. The van der Waals surface area contributed by atoms with Gasteiger partial charge in [-0.25, -0.2) is 0 Å². The van der Waals surface area contributed by atoms with Gasteiger partial charge in [-0.2, -0.15) is 0 Å². The first-order valence-electron chi connectivity index (χ1n) is 10.2. The molecule has 2 N–H and O–H groups in total. The van der Waals surface area contributed by atoms with E-state index in [-0.39, 0.29) is 18.4 Å². The van der Waals surface area contributed by atoms with Crippen LogP contribution in [-0.4, -0.2) is 76.2 Å². The fraction of sp³-hybridized carbons (Fsp3) is 0.571. The third-order valence-corrected chi connectivity index (χ3v) is 5.49. The number of guanidine groups is 1. The number of hydrogen-bond donors (Lipinski definition) is 2. The van der Waals surface area contributed by atoms with E-state index in [0.717, 1.165) is 38.2 Å². The van der Waals surface area contributed by atoms with Gasteiger partial charge < -0.3 is 25.2 Å². The lowest BCUT2D eigenvalue weighted by Gasteiger charge is -2.23. The molecule has 1 saturated heterocycles. The number of anilines is 1. The van der Waals surface area contributed by atoms with Gasteiger partial charge in [0.2, 0.25) is 11.8 Å². The highest BCUT2D eigenvalue weighted by molar-refractivity contribution is 5.99. The van der Waals surface area contributed by atoms with Crippen LogP contribution >= 0.6 is 0 Å². The van der Waals surface area contributed by atoms with Crippen LogP contribution in [0.4, 0.5) is 5.69 Å². The Balaban J connectivity index is 1.61. The molecular weight excluding hydrogens is 370 g/mol. The number of para-hydroxylation sites is 1. The van der Waals surface area contributed by atoms with Gasteiger partial charge >= 0.3 is 0 Å². The summed E-state index contributed by atoms with van der Waals surface area (Å²) >= 11 is 0. The molecule has 1 unspecified atom stereocenters. The van der Waals surface area contributed by atoms with Crippen molar-refractivity contribution in [2.45, 2.75) is 25.2 Å². The topological polar surface area (TPSA) is 86.3 Å². The van der Waals surface area contributed by atoms with Crippen LogP contribution in [0.15, 0.2) is 29.3 Å². The van der Waals surface area contributed by atoms with Crippen molar-refractivity contribution in [1.29, 1.82) is 0 Å². The van der Waals surface area contributed by atoms with Crippen molar-refractivity contribution in [3.63, 3.8) is 0 Å². The van der Waals surface area contributed by atoms with Crippen LogP contribution in [0.3, 0.4) is 0 Å². The first-order valence-corrected chi connectivity index (χ1v) is 10.2. The number of nitrogens with one attached hydrogen (secondary N) is 2. The van der Waals surface area contributed by atoms with Gasteiger partial charge in [-0.15, -0.1) is 0 Å². The van der Waals surface area contributed by atoms with Crippen LogP contribution in [0.1, 0.15) is 30.7 Å². The van der Waals surface area contributed by atoms with E-state index in [1.165, 1.54) is 5.56 Å². The molecule has 8 nitrogen and oxygen atoms in total. The van der Waals surface area contributed by atoms with Crippen LogP contribution in [0.5, 0.6) is 0 Å². The zero-order valence-electron chi connectivity index (χ0n) is 17.3. The summed E-state index contributed by atoms with van der Waals surface area (Å²) in [6, 6.07) is 8.30. The van der Waals surface area contributed by atoms with Gasteiger partial charge in [-0.1, -0.05) is 18.2 Å². The second kappa shape index (κ2) is 10.2. The fourth-order valence-corrected chi connectivity index (χ4v) is 4.00. The van der Waals surface area contributed by atoms with Gasteiger partial charge in [0.05, 0.1) is 13.2 Å². The maximum Gasteiger partial charge on any atom is 0.239 e. The standard InChI is InChI=1S/C21H31N5O3/c1-22-21(24-14-19(27)23-10-13-29-2)26-15-16(17-6-3-4-7-18(17)26)9-12-25-11-5-8-20(25)28/h3-4,6-7,16H,5,8-15H2,1-2H3,(H,22,24)(H,23,27). The molecule has 2 heterocycles. The summed E-state index contributed by atoms with van der Waals surface area (Å²) in [5.41, 5.74) is 2.38. The lowest BCUT2D eigenvalue weighted by molar-refractivity contribution is -0.127. The lowest BCUT2D eigenvalue weighted by Crippen LogP contribution is -2.45. The normalized spacial score (nSPS) is 18.9. The number of amides is 2.